The van der Waals surface area contributed by atoms with Crippen molar-refractivity contribution in [2.24, 2.45) is 0 Å². The Kier molecular flexibility index (Phi) is 15.2. The molecular weight excluding hydrogens is 969 g/mol. The van der Waals surface area contributed by atoms with Gasteiger partial charge in [-0.2, -0.15) is 16.8 Å². The van der Waals surface area contributed by atoms with Crippen molar-refractivity contribution in [1.82, 2.24) is 0 Å². The lowest BCUT2D eigenvalue weighted by atomic mass is 9.87. The van der Waals surface area contributed by atoms with Crippen LogP contribution >= 0.6 is 20.1 Å². The van der Waals surface area contributed by atoms with Crippen LogP contribution in [0.15, 0.2) is 175 Å². The van der Waals surface area contributed by atoms with Gasteiger partial charge in [0, 0.05) is 29.4 Å². The van der Waals surface area contributed by atoms with Crippen LogP contribution < -0.4 is 0 Å². The lowest BCUT2D eigenvalue weighted by Gasteiger charge is -2.64. The van der Waals surface area contributed by atoms with Gasteiger partial charge in [0.05, 0.1) is 0 Å². The Morgan fingerprint density at radius 2 is 0.417 bits per heavy atom. The summed E-state index contributed by atoms with van der Waals surface area (Å²) >= 11 is 0. The van der Waals surface area contributed by atoms with Gasteiger partial charge in [-0.1, -0.05) is 197 Å². The van der Waals surface area contributed by atoms with Gasteiger partial charge in [0.2, 0.25) is 0 Å². The summed E-state index contributed by atoms with van der Waals surface area (Å²) in [5.41, 5.74) is 3.95. The van der Waals surface area contributed by atoms with E-state index < -0.39 is 49.5 Å². The first-order valence-electron chi connectivity index (χ1n) is 24.9. The molecule has 10 heteroatoms. The fourth-order valence-corrected chi connectivity index (χ4v) is 28.2. The Balaban J connectivity index is 2.12. The molecule has 0 heterocycles. The zero-order chi connectivity index (χ0) is 54.1. The normalized spacial score (nSPS) is 14.6. The third kappa shape index (κ3) is 10.7. The van der Waals surface area contributed by atoms with E-state index in [-0.39, 0.29) is 32.5 Å². The van der Waals surface area contributed by atoms with E-state index >= 15 is 8.42 Å². The van der Waals surface area contributed by atoms with Crippen LogP contribution in [0.3, 0.4) is 0 Å². The van der Waals surface area contributed by atoms with Gasteiger partial charge in [-0.05, 0) is 139 Å². The van der Waals surface area contributed by atoms with Crippen molar-refractivity contribution >= 4 is 40.3 Å². The molecule has 2 N–H and O–H groups in total. The molecule has 0 aromatic heterocycles. The minimum absolute atomic E-state index is 0.318. The van der Waals surface area contributed by atoms with Crippen LogP contribution in [0, 0.1) is 0 Å². The molecule has 0 unspecified atom stereocenters. The molecule has 0 spiro atoms. The molecule has 0 atom stereocenters. The Hall–Kier alpha value is -4.16. The van der Waals surface area contributed by atoms with Crippen molar-refractivity contribution in [2.75, 3.05) is 5.75 Å². The van der Waals surface area contributed by atoms with Crippen molar-refractivity contribution < 1.29 is 25.9 Å². The Labute approximate surface area is 438 Å². The first kappa shape index (κ1) is 57.1. The fraction of sp³-hybridized carbons (Fsp3) is 0.419. The van der Waals surface area contributed by atoms with E-state index in [9.17, 15) is 17.5 Å². The number of hydrogen-bond donors (Lipinski definition) is 2. The first-order valence-corrected chi connectivity index (χ1v) is 31.3. The smallest absolute Gasteiger partial charge is 0.285 e. The highest BCUT2D eigenvalue weighted by atomic mass is 32.4. The van der Waals surface area contributed by atoms with Gasteiger partial charge >= 0.3 is 0 Å². The van der Waals surface area contributed by atoms with E-state index in [2.05, 4.69) is 125 Å². The zero-order valence-electron chi connectivity index (χ0n) is 46.2. The molecule has 390 valence electrons. The van der Waals surface area contributed by atoms with E-state index in [1.54, 1.807) is 0 Å². The molecule has 0 fully saturated rings. The molecule has 72 heavy (non-hydrogen) atoms. The summed E-state index contributed by atoms with van der Waals surface area (Å²) in [5.74, 6) is -1.37. The second-order valence-electron chi connectivity index (χ2n) is 25.8. The predicted octanol–water partition coefficient (Wildman–Crippen LogP) is 17.2. The molecule has 0 aliphatic carbocycles. The molecule has 0 saturated heterocycles. The Morgan fingerprint density at radius 3 is 0.514 bits per heavy atom. The van der Waals surface area contributed by atoms with Gasteiger partial charge in [0.1, 0.15) is 5.75 Å². The first-order chi connectivity index (χ1) is 32.7. The average molecular weight is 1050 g/mol. The summed E-state index contributed by atoms with van der Waals surface area (Å²) in [4.78, 5) is 3.03. The Bertz CT molecular complexity index is 2620. The number of hydrogen-bond acceptors (Lipinski definition) is 4. The van der Waals surface area contributed by atoms with Crippen LogP contribution in [0.4, 0.5) is 0 Å². The van der Waals surface area contributed by atoms with Crippen LogP contribution in [0.5, 0.6) is 0 Å². The van der Waals surface area contributed by atoms with Crippen molar-refractivity contribution in [2.45, 2.75) is 190 Å². The van der Waals surface area contributed by atoms with Gasteiger partial charge in [0.15, 0.2) is 3.41 Å². The van der Waals surface area contributed by atoms with Crippen LogP contribution in [0.25, 0.3) is 0 Å². The van der Waals surface area contributed by atoms with Gasteiger partial charge in [-0.15, -0.1) is 20.1 Å². The molecule has 0 aliphatic heterocycles. The molecule has 0 bridgehead atoms. The van der Waals surface area contributed by atoms with Gasteiger partial charge in [0.25, 0.3) is 20.2 Å². The largest absolute Gasteiger partial charge is 0.290 e. The lowest BCUT2D eigenvalue weighted by molar-refractivity contribution is 0.464. The topological polar surface area (TPSA) is 109 Å². The number of benzene rings is 6. The Morgan fingerprint density at radius 1 is 0.278 bits per heavy atom. The molecule has 6 aromatic carbocycles. The van der Waals surface area contributed by atoms with E-state index in [1.807, 2.05) is 146 Å². The van der Waals surface area contributed by atoms with E-state index in [0.29, 0.717) is 29.4 Å². The monoisotopic (exact) mass is 1050 g/mol. The standard InChI is InChI=1S/C62H82O6S4/c1-56(2,3)44-19-31-50(32-20-44)70(51-33-21-45(22-34-51)57(4,5)6,52-35-23-46(24-36-52)58(7,8)9)62(72(66,67)68,43-69(63,64)65)71(53-37-25-47(26-38-53)59(10,11)12,54-39-27-48(28-40-54)60(13,14)15)55-41-29-49(30-42-55)61(16,17)18/h19-42H,43H2,1-18H3,(H,63,64,65)(H,66,67,68). The second-order valence-corrected chi connectivity index (χ2v) is 36.3. The highest BCUT2D eigenvalue weighted by Crippen LogP contribution is 2.92. The highest BCUT2D eigenvalue weighted by Gasteiger charge is 2.71. The number of rotatable bonds is 11. The van der Waals surface area contributed by atoms with Gasteiger partial charge in [-0.3, -0.25) is 9.11 Å². The second kappa shape index (κ2) is 19.2. The van der Waals surface area contributed by atoms with E-state index in [1.165, 1.54) is 0 Å². The maximum absolute atomic E-state index is 16.6. The van der Waals surface area contributed by atoms with Crippen LogP contribution in [-0.4, -0.2) is 35.1 Å². The lowest BCUT2D eigenvalue weighted by Crippen LogP contribution is -2.53. The van der Waals surface area contributed by atoms with Crippen LogP contribution in [0.1, 0.15) is 158 Å². The van der Waals surface area contributed by atoms with Crippen LogP contribution in [-0.2, 0) is 52.7 Å². The molecule has 0 amide bonds. The maximum atomic E-state index is 16.6. The van der Waals surface area contributed by atoms with E-state index in [0.717, 1.165) is 33.4 Å². The minimum atomic E-state index is -5.76. The summed E-state index contributed by atoms with van der Waals surface area (Å²) in [6, 6.07) is 47.2. The summed E-state index contributed by atoms with van der Waals surface area (Å²) in [6.07, 6.45) is 0. The summed E-state index contributed by atoms with van der Waals surface area (Å²) < 4.78 is 85.8. The predicted molar refractivity (Wildman–Crippen MR) is 306 cm³/mol. The van der Waals surface area contributed by atoms with Gasteiger partial charge in [-0.25, -0.2) is 0 Å². The molecule has 6 aromatic rings. The zero-order valence-corrected chi connectivity index (χ0v) is 49.5. The van der Waals surface area contributed by atoms with Crippen LogP contribution in [0.2, 0.25) is 0 Å². The molecule has 0 radical (unpaired) electrons. The van der Waals surface area contributed by atoms with Crippen molar-refractivity contribution in [3.63, 3.8) is 0 Å². The minimum Gasteiger partial charge on any atom is -0.285 e. The summed E-state index contributed by atoms with van der Waals surface area (Å²) in [6.45, 7) is 38.0. The summed E-state index contributed by atoms with van der Waals surface area (Å²) in [5, 5.41) is 0. The van der Waals surface area contributed by atoms with E-state index in [4.69, 9.17) is 0 Å². The molecule has 0 aliphatic rings. The quantitative estimate of drug-likeness (QED) is 0.125. The SMILES string of the molecule is CC(C)(C)c1ccc(S(c2ccc(C(C)(C)C)cc2)(c2ccc(C(C)(C)C)cc2)C(CS(=O)(=O)O)(S(c2ccc(C(C)(C)C)cc2)(c2ccc(C(C)(C)C)cc2)c2ccc(C(C)(C)C)cc2)S(=O)(=O)O)cc1. The van der Waals surface area contributed by atoms with Crippen molar-refractivity contribution in [1.29, 1.82) is 0 Å². The van der Waals surface area contributed by atoms with Gasteiger partial charge < -0.3 is 0 Å². The van der Waals surface area contributed by atoms with Crippen molar-refractivity contribution in [3.8, 4) is 0 Å². The maximum Gasteiger partial charge on any atom is 0.290 e. The average Bonchev–Trinajstić information content (AvgIpc) is 3.25. The molecular formula is C62H82O6S4. The molecule has 0 saturated carbocycles. The molecule has 6 rings (SSSR count). The highest BCUT2D eigenvalue weighted by molar-refractivity contribution is 8.57. The third-order valence-corrected chi connectivity index (χ3v) is 28.7. The molecule has 6 nitrogen and oxygen atoms in total. The van der Waals surface area contributed by atoms with Crippen molar-refractivity contribution in [3.05, 3.63) is 179 Å². The summed E-state index contributed by atoms with van der Waals surface area (Å²) in [7, 11) is -18.7. The third-order valence-electron chi connectivity index (χ3n) is 14.1. The fourth-order valence-electron chi connectivity index (χ4n) is 9.83.